The van der Waals surface area contributed by atoms with E-state index in [4.69, 9.17) is 9.47 Å². The van der Waals surface area contributed by atoms with Crippen LogP contribution in [0.3, 0.4) is 0 Å². The highest BCUT2D eigenvalue weighted by atomic mass is 19.1. The Hall–Kier alpha value is -3.35. The maximum absolute atomic E-state index is 13.5. The Morgan fingerprint density at radius 3 is 2.48 bits per heavy atom. The van der Waals surface area contributed by atoms with Gasteiger partial charge in [0, 0.05) is 6.08 Å². The summed E-state index contributed by atoms with van der Waals surface area (Å²) >= 11 is 0. The summed E-state index contributed by atoms with van der Waals surface area (Å²) in [5.74, 6) is -0.993. The van der Waals surface area contributed by atoms with Gasteiger partial charge in [0.05, 0.1) is 6.61 Å². The third kappa shape index (κ3) is 6.47. The van der Waals surface area contributed by atoms with Gasteiger partial charge in [-0.25, -0.2) is 4.39 Å². The molecule has 2 aromatic rings. The lowest BCUT2D eigenvalue weighted by Crippen LogP contribution is -2.46. The molecule has 0 saturated heterocycles. The minimum atomic E-state index is -0.989. The number of nitrogens with one attached hydrogen (secondary N) is 2. The lowest BCUT2D eigenvalue weighted by Gasteiger charge is -2.15. The predicted molar refractivity (Wildman–Crippen MR) is 99.4 cm³/mol. The van der Waals surface area contributed by atoms with Gasteiger partial charge in [-0.15, -0.1) is 0 Å². The Bertz CT molecular complexity index is 806. The Kier molecular flexibility index (Phi) is 7.37. The van der Waals surface area contributed by atoms with Gasteiger partial charge in [0.1, 0.15) is 5.75 Å². The first-order chi connectivity index (χ1) is 13.0. The summed E-state index contributed by atoms with van der Waals surface area (Å²) in [4.78, 5) is 23.7. The smallest absolute Gasteiger partial charge is 0.279 e. The molecule has 0 aliphatic rings. The molecule has 2 aromatic carbocycles. The number of amides is 2. The van der Waals surface area contributed by atoms with E-state index >= 15 is 0 Å². The molecule has 0 radical (unpaired) electrons. The van der Waals surface area contributed by atoms with Gasteiger partial charge in [-0.3, -0.25) is 20.4 Å². The third-order valence-electron chi connectivity index (χ3n) is 3.44. The van der Waals surface area contributed by atoms with Crippen molar-refractivity contribution in [1.29, 1.82) is 0 Å². The molecular weight excluding hydrogens is 351 g/mol. The molecule has 142 valence electrons. The lowest BCUT2D eigenvalue weighted by molar-refractivity contribution is -0.131. The number of benzene rings is 2. The summed E-state index contributed by atoms with van der Waals surface area (Å²) in [5, 5.41) is 0. The summed E-state index contributed by atoms with van der Waals surface area (Å²) in [5.41, 5.74) is 5.27. The second-order valence-corrected chi connectivity index (χ2v) is 5.50. The molecule has 2 rings (SSSR count). The van der Waals surface area contributed by atoms with Gasteiger partial charge in [0.25, 0.3) is 11.8 Å². The van der Waals surface area contributed by atoms with Gasteiger partial charge in [0.15, 0.2) is 17.7 Å². The van der Waals surface area contributed by atoms with Crippen molar-refractivity contribution in [1.82, 2.24) is 10.9 Å². The van der Waals surface area contributed by atoms with E-state index < -0.39 is 23.7 Å². The van der Waals surface area contributed by atoms with Crippen molar-refractivity contribution in [3.63, 3.8) is 0 Å². The van der Waals surface area contributed by atoms with Crippen LogP contribution in [0.5, 0.6) is 11.5 Å². The number of halogens is 1. The fourth-order valence-corrected chi connectivity index (χ4v) is 2.06. The highest BCUT2D eigenvalue weighted by molar-refractivity contribution is 5.93. The average molecular weight is 372 g/mol. The SMILES string of the molecule is CCOc1ccc(/C=C/C(=O)NNC(=O)[C@@H](C)Oc2ccccc2F)cc1. The van der Waals surface area contributed by atoms with E-state index in [1.54, 1.807) is 36.4 Å². The van der Waals surface area contributed by atoms with Crippen LogP contribution in [0.2, 0.25) is 0 Å². The molecule has 0 aliphatic carbocycles. The van der Waals surface area contributed by atoms with E-state index in [9.17, 15) is 14.0 Å². The van der Waals surface area contributed by atoms with E-state index in [2.05, 4.69) is 10.9 Å². The topological polar surface area (TPSA) is 76.7 Å². The molecule has 2 N–H and O–H groups in total. The van der Waals surface area contributed by atoms with E-state index in [0.29, 0.717) is 6.61 Å². The summed E-state index contributed by atoms with van der Waals surface area (Å²) in [6.07, 6.45) is 1.88. The van der Waals surface area contributed by atoms with Crippen molar-refractivity contribution in [3.8, 4) is 11.5 Å². The first kappa shape index (κ1) is 20.0. The molecular formula is C20H21FN2O4. The first-order valence-corrected chi connectivity index (χ1v) is 8.41. The molecule has 0 heterocycles. The summed E-state index contributed by atoms with van der Waals surface area (Å²) < 4.78 is 24.1. The highest BCUT2D eigenvalue weighted by Gasteiger charge is 2.16. The monoisotopic (exact) mass is 372 g/mol. The van der Waals surface area contributed by atoms with Crippen LogP contribution in [0.1, 0.15) is 19.4 Å². The zero-order chi connectivity index (χ0) is 19.6. The molecule has 6 nitrogen and oxygen atoms in total. The normalized spacial score (nSPS) is 11.7. The van der Waals surface area contributed by atoms with Crippen LogP contribution >= 0.6 is 0 Å². The molecule has 1 atom stereocenters. The number of hydrogen-bond acceptors (Lipinski definition) is 4. The zero-order valence-corrected chi connectivity index (χ0v) is 15.1. The van der Waals surface area contributed by atoms with Crippen LogP contribution < -0.4 is 20.3 Å². The van der Waals surface area contributed by atoms with Crippen molar-refractivity contribution >= 4 is 17.9 Å². The van der Waals surface area contributed by atoms with Crippen molar-refractivity contribution in [2.24, 2.45) is 0 Å². The lowest BCUT2D eigenvalue weighted by atomic mass is 10.2. The quantitative estimate of drug-likeness (QED) is 0.579. The number of carbonyl (C=O) groups excluding carboxylic acids is 2. The minimum Gasteiger partial charge on any atom is -0.494 e. The van der Waals surface area contributed by atoms with Crippen LogP contribution in [-0.4, -0.2) is 24.5 Å². The van der Waals surface area contributed by atoms with Crippen LogP contribution in [0.4, 0.5) is 4.39 Å². The number of ether oxygens (including phenoxy) is 2. The maximum atomic E-state index is 13.5. The van der Waals surface area contributed by atoms with Gasteiger partial charge >= 0.3 is 0 Å². The van der Waals surface area contributed by atoms with Crippen LogP contribution in [0.15, 0.2) is 54.6 Å². The van der Waals surface area contributed by atoms with Crippen molar-refractivity contribution in [2.75, 3.05) is 6.61 Å². The molecule has 0 bridgehead atoms. The molecule has 0 spiro atoms. The second kappa shape index (κ2) is 9.96. The fraction of sp³-hybridized carbons (Fsp3) is 0.200. The van der Waals surface area contributed by atoms with Crippen molar-refractivity contribution < 1.29 is 23.5 Å². The van der Waals surface area contributed by atoms with E-state index in [1.807, 2.05) is 6.92 Å². The average Bonchev–Trinajstić information content (AvgIpc) is 2.67. The Morgan fingerprint density at radius 1 is 1.11 bits per heavy atom. The Morgan fingerprint density at radius 2 is 1.81 bits per heavy atom. The number of hydrazine groups is 1. The summed E-state index contributed by atoms with van der Waals surface area (Å²) in [6.45, 7) is 3.93. The zero-order valence-electron chi connectivity index (χ0n) is 15.1. The van der Waals surface area contributed by atoms with Gasteiger partial charge in [-0.2, -0.15) is 0 Å². The number of hydrogen-bond donors (Lipinski definition) is 2. The molecule has 27 heavy (non-hydrogen) atoms. The Balaban J connectivity index is 1.80. The maximum Gasteiger partial charge on any atom is 0.279 e. The number of carbonyl (C=O) groups is 2. The second-order valence-electron chi connectivity index (χ2n) is 5.50. The fourth-order valence-electron chi connectivity index (χ4n) is 2.06. The van der Waals surface area contributed by atoms with E-state index in [1.165, 1.54) is 31.2 Å². The first-order valence-electron chi connectivity index (χ1n) is 8.41. The van der Waals surface area contributed by atoms with Crippen LogP contribution in [-0.2, 0) is 9.59 Å². The van der Waals surface area contributed by atoms with Crippen molar-refractivity contribution in [2.45, 2.75) is 20.0 Å². The standard InChI is InChI=1S/C20H21FN2O4/c1-3-26-16-11-8-15(9-12-16)10-13-19(24)22-23-20(25)14(2)27-18-7-5-4-6-17(18)21/h4-14H,3H2,1-2H3,(H,22,24)(H,23,25)/b13-10+/t14-/m1/s1. The summed E-state index contributed by atoms with van der Waals surface area (Å²) in [6, 6.07) is 13.0. The molecule has 0 saturated carbocycles. The largest absolute Gasteiger partial charge is 0.494 e. The van der Waals surface area contributed by atoms with Gasteiger partial charge in [0.2, 0.25) is 0 Å². The number of rotatable bonds is 7. The summed E-state index contributed by atoms with van der Waals surface area (Å²) in [7, 11) is 0. The third-order valence-corrected chi connectivity index (χ3v) is 3.44. The van der Waals surface area contributed by atoms with Crippen molar-refractivity contribution in [3.05, 3.63) is 66.0 Å². The predicted octanol–water partition coefficient (Wildman–Crippen LogP) is 2.85. The van der Waals surface area contributed by atoms with Crippen LogP contribution in [0, 0.1) is 5.82 Å². The van der Waals surface area contributed by atoms with E-state index in [-0.39, 0.29) is 5.75 Å². The minimum absolute atomic E-state index is 0.0399. The van der Waals surface area contributed by atoms with Gasteiger partial charge < -0.3 is 9.47 Å². The molecule has 0 aliphatic heterocycles. The van der Waals surface area contributed by atoms with E-state index in [0.717, 1.165) is 11.3 Å². The molecule has 0 fully saturated rings. The Labute approximate surface area is 157 Å². The highest BCUT2D eigenvalue weighted by Crippen LogP contribution is 2.17. The van der Waals surface area contributed by atoms with Gasteiger partial charge in [-0.05, 0) is 49.8 Å². The molecule has 0 aromatic heterocycles. The van der Waals surface area contributed by atoms with Crippen LogP contribution in [0.25, 0.3) is 6.08 Å². The van der Waals surface area contributed by atoms with Gasteiger partial charge in [-0.1, -0.05) is 24.3 Å². The molecule has 0 unspecified atom stereocenters. The number of para-hydroxylation sites is 1. The molecule has 2 amide bonds. The molecule has 7 heteroatoms.